The summed E-state index contributed by atoms with van der Waals surface area (Å²) in [5.74, 6) is 0.839. The van der Waals surface area contributed by atoms with Gasteiger partial charge in [0.2, 0.25) is 0 Å². The molecule has 0 fully saturated rings. The largest absolute Gasteiger partial charge is 0.341 e. The fourth-order valence-electron chi connectivity index (χ4n) is 1.98. The van der Waals surface area contributed by atoms with E-state index in [1.54, 1.807) is 0 Å². The van der Waals surface area contributed by atoms with Gasteiger partial charge in [0.05, 0.1) is 17.1 Å². The smallest absolute Gasteiger partial charge is 0.123 e. The minimum Gasteiger partial charge on any atom is -0.341 e. The highest BCUT2D eigenvalue weighted by molar-refractivity contribution is 6.04. The van der Waals surface area contributed by atoms with Crippen molar-refractivity contribution in [1.82, 2.24) is 9.97 Å². The van der Waals surface area contributed by atoms with Crippen molar-refractivity contribution >= 4 is 21.8 Å². The van der Waals surface area contributed by atoms with E-state index in [9.17, 15) is 0 Å². The second kappa shape index (κ2) is 3.32. The van der Waals surface area contributed by atoms with E-state index in [1.807, 2.05) is 19.1 Å². The van der Waals surface area contributed by atoms with Gasteiger partial charge in [0.25, 0.3) is 0 Å². The zero-order valence-corrected chi connectivity index (χ0v) is 9.07. The number of benzene rings is 2. The Balaban J connectivity index is 2.41. The Hall–Kier alpha value is -1.87. The van der Waals surface area contributed by atoms with Crippen LogP contribution in [0.1, 0.15) is 18.8 Å². The third-order valence-electron chi connectivity index (χ3n) is 2.83. The molecule has 1 heterocycles. The van der Waals surface area contributed by atoms with Crippen LogP contribution >= 0.6 is 0 Å². The van der Waals surface area contributed by atoms with E-state index >= 15 is 0 Å². The van der Waals surface area contributed by atoms with Gasteiger partial charge in [-0.1, -0.05) is 30.3 Å². The second-order valence-corrected chi connectivity index (χ2v) is 4.09. The second-order valence-electron chi connectivity index (χ2n) is 4.09. The van der Waals surface area contributed by atoms with E-state index in [0.717, 1.165) is 16.9 Å². The van der Waals surface area contributed by atoms with Crippen LogP contribution < -0.4 is 5.73 Å². The average molecular weight is 211 g/mol. The zero-order chi connectivity index (χ0) is 11.1. The Morgan fingerprint density at radius 1 is 1.19 bits per heavy atom. The van der Waals surface area contributed by atoms with Crippen LogP contribution in [0, 0.1) is 0 Å². The monoisotopic (exact) mass is 211 g/mol. The van der Waals surface area contributed by atoms with Crippen LogP contribution in [0.25, 0.3) is 21.8 Å². The number of aromatic amines is 1. The molecule has 0 aliphatic heterocycles. The third kappa shape index (κ3) is 1.29. The van der Waals surface area contributed by atoms with Crippen LogP contribution in [-0.4, -0.2) is 9.97 Å². The molecule has 1 aromatic heterocycles. The molecule has 0 aliphatic carbocycles. The maximum absolute atomic E-state index is 5.83. The number of nitrogens with two attached hydrogens (primary N) is 1. The molecule has 0 bridgehead atoms. The number of rotatable bonds is 1. The van der Waals surface area contributed by atoms with Crippen molar-refractivity contribution < 1.29 is 0 Å². The van der Waals surface area contributed by atoms with Gasteiger partial charge in [0, 0.05) is 5.39 Å². The van der Waals surface area contributed by atoms with Crippen molar-refractivity contribution in [2.75, 3.05) is 0 Å². The average Bonchev–Trinajstić information content (AvgIpc) is 2.73. The first-order valence-corrected chi connectivity index (χ1v) is 5.38. The van der Waals surface area contributed by atoms with E-state index in [4.69, 9.17) is 5.73 Å². The number of nitrogens with one attached hydrogen (secondary N) is 1. The van der Waals surface area contributed by atoms with E-state index in [2.05, 4.69) is 34.2 Å². The highest BCUT2D eigenvalue weighted by Gasteiger charge is 2.08. The lowest BCUT2D eigenvalue weighted by molar-refractivity contribution is 0.760. The molecule has 3 N–H and O–H groups in total. The van der Waals surface area contributed by atoms with Crippen LogP contribution in [0.3, 0.4) is 0 Å². The normalized spacial score (nSPS) is 13.4. The summed E-state index contributed by atoms with van der Waals surface area (Å²) < 4.78 is 0. The molecule has 0 radical (unpaired) electrons. The summed E-state index contributed by atoms with van der Waals surface area (Å²) in [6.45, 7) is 1.93. The first-order chi connectivity index (χ1) is 7.75. The third-order valence-corrected chi connectivity index (χ3v) is 2.83. The fourth-order valence-corrected chi connectivity index (χ4v) is 1.98. The van der Waals surface area contributed by atoms with E-state index in [1.165, 1.54) is 10.8 Å². The molecule has 3 aromatic rings. The lowest BCUT2D eigenvalue weighted by atomic mass is 10.1. The van der Waals surface area contributed by atoms with Gasteiger partial charge >= 0.3 is 0 Å². The molecule has 0 saturated carbocycles. The SMILES string of the molecule is CC(N)c1nc2c(ccc3ccccc32)[nH]1. The standard InChI is InChI=1S/C13H13N3/c1-8(14)13-15-11-7-6-9-4-2-3-5-10(9)12(11)16-13/h2-8H,14H2,1H3,(H,15,16). The summed E-state index contributed by atoms with van der Waals surface area (Å²) in [5.41, 5.74) is 7.88. The van der Waals surface area contributed by atoms with Crippen molar-refractivity contribution in [3.05, 3.63) is 42.2 Å². The Labute approximate surface area is 93.3 Å². The highest BCUT2D eigenvalue weighted by atomic mass is 15.0. The van der Waals surface area contributed by atoms with E-state index < -0.39 is 0 Å². The van der Waals surface area contributed by atoms with Crippen molar-refractivity contribution in [2.24, 2.45) is 5.73 Å². The summed E-state index contributed by atoms with van der Waals surface area (Å²) in [4.78, 5) is 7.81. The molecular formula is C13H13N3. The Morgan fingerprint density at radius 3 is 2.81 bits per heavy atom. The van der Waals surface area contributed by atoms with Crippen molar-refractivity contribution in [3.8, 4) is 0 Å². The van der Waals surface area contributed by atoms with Crippen LogP contribution in [0.5, 0.6) is 0 Å². The van der Waals surface area contributed by atoms with Gasteiger partial charge < -0.3 is 10.7 Å². The minimum absolute atomic E-state index is 0.0637. The number of hydrogen-bond acceptors (Lipinski definition) is 2. The van der Waals surface area contributed by atoms with Gasteiger partial charge in [-0.25, -0.2) is 4.98 Å². The van der Waals surface area contributed by atoms with Crippen LogP contribution in [0.4, 0.5) is 0 Å². The highest BCUT2D eigenvalue weighted by Crippen LogP contribution is 2.24. The number of H-pyrrole nitrogens is 1. The quantitative estimate of drug-likeness (QED) is 0.650. The summed E-state index contributed by atoms with van der Waals surface area (Å²) in [6, 6.07) is 12.3. The van der Waals surface area contributed by atoms with Gasteiger partial charge in [0.15, 0.2) is 0 Å². The maximum Gasteiger partial charge on any atom is 0.123 e. The molecule has 0 spiro atoms. The summed E-state index contributed by atoms with van der Waals surface area (Å²) in [6.07, 6.45) is 0. The molecular weight excluding hydrogens is 198 g/mol. The number of aromatic nitrogens is 2. The van der Waals surface area contributed by atoms with Crippen molar-refractivity contribution in [1.29, 1.82) is 0 Å². The van der Waals surface area contributed by atoms with Gasteiger partial charge in [-0.15, -0.1) is 0 Å². The molecule has 0 aliphatic rings. The van der Waals surface area contributed by atoms with Crippen LogP contribution in [-0.2, 0) is 0 Å². The molecule has 1 unspecified atom stereocenters. The Kier molecular flexibility index (Phi) is 1.94. The minimum atomic E-state index is -0.0637. The van der Waals surface area contributed by atoms with Gasteiger partial charge in [-0.05, 0) is 18.4 Å². The summed E-state index contributed by atoms with van der Waals surface area (Å²) in [7, 11) is 0. The number of hydrogen-bond donors (Lipinski definition) is 2. The molecule has 3 rings (SSSR count). The van der Waals surface area contributed by atoms with Crippen LogP contribution in [0.2, 0.25) is 0 Å². The molecule has 0 saturated heterocycles. The van der Waals surface area contributed by atoms with Gasteiger partial charge in [0.1, 0.15) is 5.82 Å². The first-order valence-electron chi connectivity index (χ1n) is 5.38. The van der Waals surface area contributed by atoms with Gasteiger partial charge in [-0.3, -0.25) is 0 Å². The van der Waals surface area contributed by atoms with Crippen molar-refractivity contribution in [3.63, 3.8) is 0 Å². The molecule has 2 aromatic carbocycles. The van der Waals surface area contributed by atoms with E-state index in [-0.39, 0.29) is 6.04 Å². The number of fused-ring (bicyclic) bond motifs is 3. The Morgan fingerprint density at radius 2 is 2.00 bits per heavy atom. The fraction of sp³-hybridized carbons (Fsp3) is 0.154. The number of imidazole rings is 1. The topological polar surface area (TPSA) is 54.7 Å². The Bertz CT molecular complexity index is 652. The molecule has 16 heavy (non-hydrogen) atoms. The molecule has 3 heteroatoms. The van der Waals surface area contributed by atoms with Crippen molar-refractivity contribution in [2.45, 2.75) is 13.0 Å². The molecule has 3 nitrogen and oxygen atoms in total. The van der Waals surface area contributed by atoms with E-state index in [0.29, 0.717) is 0 Å². The first kappa shape index (κ1) is 9.36. The zero-order valence-electron chi connectivity index (χ0n) is 9.07. The summed E-state index contributed by atoms with van der Waals surface area (Å²) in [5, 5.41) is 2.38. The predicted octanol–water partition coefficient (Wildman–Crippen LogP) is 2.74. The van der Waals surface area contributed by atoms with Crippen LogP contribution in [0.15, 0.2) is 36.4 Å². The maximum atomic E-state index is 5.83. The molecule has 0 amide bonds. The number of nitrogens with zero attached hydrogens (tertiary/aromatic N) is 1. The molecule has 80 valence electrons. The lowest BCUT2D eigenvalue weighted by Crippen LogP contribution is -2.06. The summed E-state index contributed by atoms with van der Waals surface area (Å²) >= 11 is 0. The van der Waals surface area contributed by atoms with Gasteiger partial charge in [-0.2, -0.15) is 0 Å². The predicted molar refractivity (Wildman–Crippen MR) is 66.2 cm³/mol. The molecule has 1 atom stereocenters. The lowest BCUT2D eigenvalue weighted by Gasteiger charge is -1.97.